The fraction of sp³-hybridized carbons (Fsp3) is 0.125. The van der Waals surface area contributed by atoms with Gasteiger partial charge in [-0.25, -0.2) is 0 Å². The lowest BCUT2D eigenvalue weighted by atomic mass is 10.1. The Morgan fingerprint density at radius 1 is 1.05 bits per heavy atom. The number of anilines is 2. The molecule has 4 nitrogen and oxygen atoms in total. The zero-order chi connectivity index (χ0) is 15.2. The minimum absolute atomic E-state index is 0.0985. The highest BCUT2D eigenvalue weighted by Gasteiger charge is 2.09. The first-order valence-electron chi connectivity index (χ1n) is 6.56. The van der Waals surface area contributed by atoms with Gasteiger partial charge in [0.2, 0.25) is 5.91 Å². The molecule has 21 heavy (non-hydrogen) atoms. The fourth-order valence-electron chi connectivity index (χ4n) is 1.74. The van der Waals surface area contributed by atoms with Crippen LogP contribution in [0.4, 0.5) is 11.4 Å². The molecule has 0 radical (unpaired) electrons. The number of hydrogen-bond acceptors (Lipinski definition) is 2. The average Bonchev–Trinajstić information content (AvgIpc) is 2.49. The maximum Gasteiger partial charge on any atom is 0.255 e. The molecular weight excluding hydrogens is 288 g/mol. The van der Waals surface area contributed by atoms with Crippen molar-refractivity contribution in [1.29, 1.82) is 0 Å². The summed E-state index contributed by atoms with van der Waals surface area (Å²) in [6.07, 6.45) is 0.385. The Labute approximate surface area is 128 Å². The van der Waals surface area contributed by atoms with E-state index >= 15 is 0 Å². The van der Waals surface area contributed by atoms with Gasteiger partial charge in [-0.15, -0.1) is 0 Å². The Bertz CT molecular complexity index is 671. The van der Waals surface area contributed by atoms with E-state index in [0.29, 0.717) is 28.4 Å². The molecule has 0 aliphatic heterocycles. The number of benzene rings is 2. The molecule has 0 fully saturated rings. The highest BCUT2D eigenvalue weighted by atomic mass is 35.5. The monoisotopic (exact) mass is 302 g/mol. The van der Waals surface area contributed by atoms with E-state index in [1.54, 1.807) is 55.5 Å². The molecule has 0 aromatic heterocycles. The van der Waals surface area contributed by atoms with Gasteiger partial charge in [0.05, 0.1) is 10.7 Å². The molecule has 2 rings (SSSR count). The topological polar surface area (TPSA) is 58.2 Å². The van der Waals surface area contributed by atoms with E-state index in [-0.39, 0.29) is 11.8 Å². The average molecular weight is 303 g/mol. The summed E-state index contributed by atoms with van der Waals surface area (Å²) in [5.41, 5.74) is 1.59. The second kappa shape index (κ2) is 6.90. The standard InChI is InChI=1S/C16H15ClN2O2/c1-2-15(20)18-12-7-5-6-11(10-12)16(21)19-14-9-4-3-8-13(14)17/h3-10H,2H2,1H3,(H,18,20)(H,19,21). The molecule has 0 saturated carbocycles. The van der Waals surface area contributed by atoms with Crippen molar-refractivity contribution in [3.63, 3.8) is 0 Å². The summed E-state index contributed by atoms with van der Waals surface area (Å²) in [4.78, 5) is 23.6. The number of para-hydroxylation sites is 1. The van der Waals surface area contributed by atoms with Crippen LogP contribution in [0.2, 0.25) is 5.02 Å². The van der Waals surface area contributed by atoms with Gasteiger partial charge in [0.1, 0.15) is 0 Å². The SMILES string of the molecule is CCC(=O)Nc1cccc(C(=O)Nc2ccccc2Cl)c1. The third-order valence-electron chi connectivity index (χ3n) is 2.85. The second-order valence-corrected chi connectivity index (χ2v) is 4.82. The van der Waals surface area contributed by atoms with Crippen LogP contribution in [0.1, 0.15) is 23.7 Å². The number of carbonyl (C=O) groups is 2. The predicted octanol–water partition coefficient (Wildman–Crippen LogP) is 3.94. The van der Waals surface area contributed by atoms with Crippen LogP contribution in [0.25, 0.3) is 0 Å². The predicted molar refractivity (Wildman–Crippen MR) is 84.8 cm³/mol. The Balaban J connectivity index is 2.14. The summed E-state index contributed by atoms with van der Waals surface area (Å²) < 4.78 is 0. The van der Waals surface area contributed by atoms with Crippen LogP contribution in [-0.2, 0) is 4.79 Å². The van der Waals surface area contributed by atoms with Crippen LogP contribution in [0.5, 0.6) is 0 Å². The van der Waals surface area contributed by atoms with Crippen molar-refractivity contribution in [2.75, 3.05) is 10.6 Å². The van der Waals surface area contributed by atoms with E-state index in [1.807, 2.05) is 0 Å². The molecule has 2 aromatic carbocycles. The molecule has 0 heterocycles. The molecule has 0 atom stereocenters. The Hall–Kier alpha value is -2.33. The van der Waals surface area contributed by atoms with Gasteiger partial charge in [-0.05, 0) is 30.3 Å². The second-order valence-electron chi connectivity index (χ2n) is 4.42. The Morgan fingerprint density at radius 3 is 2.52 bits per heavy atom. The first-order chi connectivity index (χ1) is 10.1. The van der Waals surface area contributed by atoms with E-state index in [0.717, 1.165) is 0 Å². The quantitative estimate of drug-likeness (QED) is 0.898. The van der Waals surface area contributed by atoms with Crippen molar-refractivity contribution in [2.45, 2.75) is 13.3 Å². The van der Waals surface area contributed by atoms with Gasteiger partial charge in [-0.3, -0.25) is 9.59 Å². The molecule has 0 spiro atoms. The maximum absolute atomic E-state index is 12.2. The van der Waals surface area contributed by atoms with Gasteiger partial charge in [0, 0.05) is 17.7 Å². The number of rotatable bonds is 4. The van der Waals surface area contributed by atoms with Crippen LogP contribution in [0, 0.1) is 0 Å². The fourth-order valence-corrected chi connectivity index (χ4v) is 1.93. The zero-order valence-corrected chi connectivity index (χ0v) is 12.3. The van der Waals surface area contributed by atoms with Crippen molar-refractivity contribution in [1.82, 2.24) is 0 Å². The van der Waals surface area contributed by atoms with Gasteiger partial charge in [-0.2, -0.15) is 0 Å². The molecular formula is C16H15ClN2O2. The molecule has 0 saturated heterocycles. The van der Waals surface area contributed by atoms with E-state index in [2.05, 4.69) is 10.6 Å². The summed E-state index contributed by atoms with van der Waals surface area (Å²) in [6, 6.07) is 13.8. The van der Waals surface area contributed by atoms with Gasteiger partial charge >= 0.3 is 0 Å². The Kier molecular flexibility index (Phi) is 4.95. The van der Waals surface area contributed by atoms with Crippen LogP contribution in [-0.4, -0.2) is 11.8 Å². The van der Waals surface area contributed by atoms with E-state index < -0.39 is 0 Å². The maximum atomic E-state index is 12.2. The van der Waals surface area contributed by atoms with Crippen molar-refractivity contribution in [2.24, 2.45) is 0 Å². The van der Waals surface area contributed by atoms with Crippen LogP contribution < -0.4 is 10.6 Å². The van der Waals surface area contributed by atoms with Crippen LogP contribution in [0.15, 0.2) is 48.5 Å². The van der Waals surface area contributed by atoms with Gasteiger partial charge < -0.3 is 10.6 Å². The molecule has 2 amide bonds. The van der Waals surface area contributed by atoms with Crippen molar-refractivity contribution < 1.29 is 9.59 Å². The normalized spacial score (nSPS) is 10.0. The van der Waals surface area contributed by atoms with Crippen LogP contribution >= 0.6 is 11.6 Å². The first-order valence-corrected chi connectivity index (χ1v) is 6.93. The molecule has 0 aliphatic rings. The highest BCUT2D eigenvalue weighted by Crippen LogP contribution is 2.21. The zero-order valence-electron chi connectivity index (χ0n) is 11.5. The third-order valence-corrected chi connectivity index (χ3v) is 3.18. The van der Waals surface area contributed by atoms with Gasteiger partial charge in [0.15, 0.2) is 0 Å². The number of halogens is 1. The van der Waals surface area contributed by atoms with Crippen molar-refractivity contribution in [3.05, 3.63) is 59.1 Å². The summed E-state index contributed by atoms with van der Waals surface area (Å²) in [6.45, 7) is 1.77. The highest BCUT2D eigenvalue weighted by molar-refractivity contribution is 6.33. The Morgan fingerprint density at radius 2 is 1.81 bits per heavy atom. The van der Waals surface area contributed by atoms with E-state index in [9.17, 15) is 9.59 Å². The first kappa shape index (κ1) is 15.1. The summed E-state index contributed by atoms with van der Waals surface area (Å²) in [5.74, 6) is -0.380. The number of amides is 2. The molecule has 0 aliphatic carbocycles. The summed E-state index contributed by atoms with van der Waals surface area (Å²) >= 11 is 6.00. The van der Waals surface area contributed by atoms with Crippen LogP contribution in [0.3, 0.4) is 0 Å². The summed E-state index contributed by atoms with van der Waals surface area (Å²) in [5, 5.41) is 5.93. The lowest BCUT2D eigenvalue weighted by molar-refractivity contribution is -0.115. The number of nitrogens with one attached hydrogen (secondary N) is 2. The summed E-state index contributed by atoms with van der Waals surface area (Å²) in [7, 11) is 0. The molecule has 108 valence electrons. The third kappa shape index (κ3) is 4.07. The molecule has 0 unspecified atom stereocenters. The van der Waals surface area contributed by atoms with E-state index in [1.165, 1.54) is 0 Å². The van der Waals surface area contributed by atoms with Gasteiger partial charge in [-0.1, -0.05) is 36.7 Å². The van der Waals surface area contributed by atoms with Crippen molar-refractivity contribution >= 4 is 34.8 Å². The molecule has 2 aromatic rings. The lowest BCUT2D eigenvalue weighted by Gasteiger charge is -2.09. The number of carbonyl (C=O) groups excluding carboxylic acids is 2. The lowest BCUT2D eigenvalue weighted by Crippen LogP contribution is -2.14. The van der Waals surface area contributed by atoms with Crippen molar-refractivity contribution in [3.8, 4) is 0 Å². The number of hydrogen-bond donors (Lipinski definition) is 2. The molecule has 2 N–H and O–H groups in total. The largest absolute Gasteiger partial charge is 0.326 e. The van der Waals surface area contributed by atoms with Gasteiger partial charge in [0.25, 0.3) is 5.91 Å². The smallest absolute Gasteiger partial charge is 0.255 e. The van der Waals surface area contributed by atoms with E-state index in [4.69, 9.17) is 11.6 Å². The minimum atomic E-state index is -0.282. The molecule has 5 heteroatoms. The molecule has 0 bridgehead atoms. The minimum Gasteiger partial charge on any atom is -0.326 e.